The molecular weight excluding hydrogens is 395 g/mol. The Labute approximate surface area is 185 Å². The van der Waals surface area contributed by atoms with E-state index < -0.39 is 5.60 Å². The van der Waals surface area contributed by atoms with Gasteiger partial charge < -0.3 is 4.74 Å². The molecule has 1 saturated carbocycles. The minimum atomic E-state index is -0.447. The molecule has 0 bridgehead atoms. The van der Waals surface area contributed by atoms with Crippen LogP contribution < -0.4 is 0 Å². The molecule has 0 heterocycles. The summed E-state index contributed by atoms with van der Waals surface area (Å²) in [5.74, 6) is 1.33. The summed E-state index contributed by atoms with van der Waals surface area (Å²) in [7, 11) is 2.98. The summed E-state index contributed by atoms with van der Waals surface area (Å²) in [4.78, 5) is 11.6. The van der Waals surface area contributed by atoms with E-state index in [1.54, 1.807) is 18.1 Å². The zero-order valence-electron chi connectivity index (χ0n) is 19.0. The van der Waals surface area contributed by atoms with Crippen LogP contribution in [0.4, 0.5) is 0 Å². The molecule has 162 valence electrons. The average molecular weight is 435 g/mol. The van der Waals surface area contributed by atoms with Crippen molar-refractivity contribution in [1.29, 1.82) is 0 Å². The largest absolute Gasteiger partial charge is 0.367 e. The van der Waals surface area contributed by atoms with Gasteiger partial charge in [0, 0.05) is 11.7 Å². The van der Waals surface area contributed by atoms with E-state index >= 15 is 0 Å². The van der Waals surface area contributed by atoms with E-state index in [0.29, 0.717) is 18.3 Å². The van der Waals surface area contributed by atoms with Gasteiger partial charge >= 0.3 is 0 Å². The third-order valence-corrected chi connectivity index (χ3v) is 9.46. The zero-order chi connectivity index (χ0) is 21.6. The highest BCUT2D eigenvalue weighted by molar-refractivity contribution is 7.81. The second-order valence-electron chi connectivity index (χ2n) is 10.7. The lowest BCUT2D eigenvalue weighted by Crippen LogP contribution is -2.54. The van der Waals surface area contributed by atoms with Crippen molar-refractivity contribution in [3.8, 4) is 0 Å². The summed E-state index contributed by atoms with van der Waals surface area (Å²) in [6.45, 7) is 13.2. The lowest BCUT2D eigenvalue weighted by Gasteiger charge is -2.59. The molecule has 1 aromatic carbocycles. The van der Waals surface area contributed by atoms with Crippen LogP contribution in [0, 0.1) is 17.3 Å². The van der Waals surface area contributed by atoms with E-state index in [9.17, 15) is 4.79 Å². The Morgan fingerprint density at radius 1 is 1.28 bits per heavy atom. The Bertz CT molecular complexity index is 759. The van der Waals surface area contributed by atoms with Gasteiger partial charge in [-0.05, 0) is 80.2 Å². The first kappa shape index (κ1) is 23.3. The second-order valence-corrected chi connectivity index (χ2v) is 12.0. The van der Waals surface area contributed by atoms with Crippen LogP contribution in [0.15, 0.2) is 24.3 Å². The Kier molecular flexibility index (Phi) is 6.66. The van der Waals surface area contributed by atoms with E-state index in [0.717, 1.165) is 6.42 Å². The monoisotopic (exact) mass is 434 g/mol. The number of ketones is 1. The van der Waals surface area contributed by atoms with E-state index in [4.69, 9.17) is 17.4 Å². The Hall–Kier alpha value is -0.370. The smallest absolute Gasteiger partial charge is 0.131 e. The van der Waals surface area contributed by atoms with Crippen molar-refractivity contribution >= 4 is 27.7 Å². The average Bonchev–Trinajstić information content (AvgIpc) is 2.60. The number of carbonyl (C=O) groups excluding carboxylic acids is 1. The number of carbonyl (C=O) groups is 1. The van der Waals surface area contributed by atoms with Gasteiger partial charge in [-0.2, -0.15) is 12.6 Å². The van der Waals surface area contributed by atoms with E-state index in [2.05, 4.69) is 68.1 Å². The molecule has 2 aliphatic carbocycles. The van der Waals surface area contributed by atoms with Crippen molar-refractivity contribution in [3.63, 3.8) is 0 Å². The molecule has 4 heteroatoms. The van der Waals surface area contributed by atoms with Gasteiger partial charge in [-0.15, -0.1) is 9.24 Å². The SMILES string of the molecule is CC(=O)C[C@@H](S)C(C)(C)O[C@@H](P)[C@H]1CC[C@]2(C)c3ccccc3CC[C@H]2C1(C)C. The first-order valence-electron chi connectivity index (χ1n) is 11.1. The van der Waals surface area contributed by atoms with Gasteiger partial charge in [0.2, 0.25) is 0 Å². The third-order valence-electron chi connectivity index (χ3n) is 8.05. The number of hydrogen-bond acceptors (Lipinski definition) is 3. The highest BCUT2D eigenvalue weighted by Crippen LogP contribution is 2.60. The topological polar surface area (TPSA) is 26.3 Å². The van der Waals surface area contributed by atoms with Crippen LogP contribution in [-0.2, 0) is 21.4 Å². The lowest BCUT2D eigenvalue weighted by atomic mass is 9.47. The van der Waals surface area contributed by atoms with Gasteiger partial charge in [0.05, 0.1) is 11.4 Å². The minimum absolute atomic E-state index is 0.0586. The fraction of sp³-hybridized carbons (Fsp3) is 0.720. The first-order chi connectivity index (χ1) is 13.4. The fourth-order valence-electron chi connectivity index (χ4n) is 6.31. The standard InChI is InChI=1S/C25H39O2PS/c1-16(26)15-21(29)24(4,5)27-22(28)19-13-14-25(6)18-10-8-7-9-17(18)11-12-20(25)23(19,2)3/h7-10,19-22,29H,11-15,28H2,1-6H3/t19-,20+,21-,22+,25-/m1/s1. The highest BCUT2D eigenvalue weighted by Gasteiger charge is 2.55. The number of thiol groups is 1. The molecule has 0 N–H and O–H groups in total. The molecular formula is C25H39O2PS. The molecule has 3 rings (SSSR count). The molecule has 0 spiro atoms. The quantitative estimate of drug-likeness (QED) is 0.425. The molecule has 0 amide bonds. The molecule has 1 fully saturated rings. The lowest BCUT2D eigenvalue weighted by molar-refractivity contribution is -0.124. The predicted octanol–water partition coefficient (Wildman–Crippen LogP) is 6.22. The minimum Gasteiger partial charge on any atom is -0.367 e. The maximum atomic E-state index is 11.6. The molecule has 2 aliphatic rings. The zero-order valence-corrected chi connectivity index (χ0v) is 21.0. The number of hydrogen-bond donors (Lipinski definition) is 1. The first-order valence-corrected chi connectivity index (χ1v) is 12.3. The summed E-state index contributed by atoms with van der Waals surface area (Å²) in [5, 5.41) is -0.0958. The van der Waals surface area contributed by atoms with E-state index in [1.807, 2.05) is 0 Å². The van der Waals surface area contributed by atoms with Crippen molar-refractivity contribution in [2.45, 2.75) is 95.8 Å². The summed E-state index contributed by atoms with van der Waals surface area (Å²) in [5.41, 5.74) is 3.09. The highest BCUT2D eigenvalue weighted by atomic mass is 32.1. The number of fused-ring (bicyclic) bond motifs is 3. The Morgan fingerprint density at radius 3 is 2.59 bits per heavy atom. The van der Waals surface area contributed by atoms with E-state index in [-0.39, 0.29) is 27.7 Å². The van der Waals surface area contributed by atoms with Gasteiger partial charge in [-0.1, -0.05) is 45.0 Å². The molecule has 29 heavy (non-hydrogen) atoms. The maximum Gasteiger partial charge on any atom is 0.131 e. The molecule has 1 aromatic rings. The number of benzene rings is 1. The predicted molar refractivity (Wildman–Crippen MR) is 129 cm³/mol. The summed E-state index contributed by atoms with van der Waals surface area (Å²) in [6, 6.07) is 9.07. The maximum absolute atomic E-state index is 11.6. The Balaban J connectivity index is 1.81. The number of ether oxygens (including phenoxy) is 1. The van der Waals surface area contributed by atoms with Crippen LogP contribution in [0.1, 0.15) is 78.4 Å². The molecule has 0 saturated heterocycles. The molecule has 0 aromatic heterocycles. The van der Waals surface area contributed by atoms with Gasteiger partial charge in [0.1, 0.15) is 5.78 Å². The van der Waals surface area contributed by atoms with Crippen LogP contribution in [0.25, 0.3) is 0 Å². The van der Waals surface area contributed by atoms with Crippen molar-refractivity contribution in [1.82, 2.24) is 0 Å². The summed E-state index contributed by atoms with van der Waals surface area (Å²) < 4.78 is 6.59. The Morgan fingerprint density at radius 2 is 1.93 bits per heavy atom. The fourth-order valence-corrected chi connectivity index (χ4v) is 7.66. The van der Waals surface area contributed by atoms with Crippen molar-refractivity contribution in [3.05, 3.63) is 35.4 Å². The molecule has 6 atom stereocenters. The van der Waals surface area contributed by atoms with Crippen LogP contribution in [0.2, 0.25) is 0 Å². The van der Waals surface area contributed by atoms with Crippen molar-refractivity contribution in [2.24, 2.45) is 17.3 Å². The van der Waals surface area contributed by atoms with Crippen LogP contribution in [0.3, 0.4) is 0 Å². The van der Waals surface area contributed by atoms with Crippen molar-refractivity contribution in [2.75, 3.05) is 0 Å². The number of rotatable bonds is 6. The van der Waals surface area contributed by atoms with Crippen molar-refractivity contribution < 1.29 is 9.53 Å². The van der Waals surface area contributed by atoms with Crippen LogP contribution in [0.5, 0.6) is 0 Å². The third kappa shape index (κ3) is 4.35. The van der Waals surface area contributed by atoms with Gasteiger partial charge in [-0.3, -0.25) is 4.79 Å². The number of aryl methyl sites for hydroxylation is 1. The molecule has 2 nitrogen and oxygen atoms in total. The van der Waals surface area contributed by atoms with Gasteiger partial charge in [0.25, 0.3) is 0 Å². The van der Waals surface area contributed by atoms with Gasteiger partial charge in [-0.25, -0.2) is 0 Å². The van der Waals surface area contributed by atoms with Crippen LogP contribution >= 0.6 is 21.9 Å². The normalized spacial score (nSPS) is 30.8. The number of Topliss-reactive ketones (excluding diaryl/α,β-unsaturated/α-hetero) is 1. The molecule has 0 aliphatic heterocycles. The second kappa shape index (κ2) is 8.29. The molecule has 0 radical (unpaired) electrons. The van der Waals surface area contributed by atoms with Gasteiger partial charge in [0.15, 0.2) is 0 Å². The molecule has 1 unspecified atom stereocenters. The summed E-state index contributed by atoms with van der Waals surface area (Å²) >= 11 is 4.70. The van der Waals surface area contributed by atoms with Crippen LogP contribution in [-0.4, -0.2) is 22.5 Å². The summed E-state index contributed by atoms with van der Waals surface area (Å²) in [6.07, 6.45) is 5.23. The van der Waals surface area contributed by atoms with E-state index in [1.165, 1.54) is 19.3 Å².